The summed E-state index contributed by atoms with van der Waals surface area (Å²) in [6.45, 7) is 4.07. The fourth-order valence-electron chi connectivity index (χ4n) is 0.501. The number of rotatable bonds is 4. The van der Waals surface area contributed by atoms with Crippen LogP contribution in [0.3, 0.4) is 0 Å². The second kappa shape index (κ2) is 6.23. The first kappa shape index (κ1) is 15.4. The Morgan fingerprint density at radius 3 is 2.41 bits per heavy atom. The van der Waals surface area contributed by atoms with E-state index < -0.39 is 29.4 Å². The normalized spacial score (nSPS) is 13.2. The van der Waals surface area contributed by atoms with Gasteiger partial charge in [-0.3, -0.25) is 4.79 Å². The van der Waals surface area contributed by atoms with E-state index in [2.05, 4.69) is 29.0 Å². The first-order chi connectivity index (χ1) is 7.70. The molecular weight excluding hydrogens is 252 g/mol. The number of aliphatic hydroxyl groups is 1. The average Bonchev–Trinajstić information content (AvgIpc) is 2.24. The van der Waals surface area contributed by atoms with E-state index in [1.165, 1.54) is 6.92 Å². The minimum absolute atomic E-state index is 0.0218. The summed E-state index contributed by atoms with van der Waals surface area (Å²) < 4.78 is 0. The Morgan fingerprint density at radius 1 is 1.47 bits per heavy atom. The summed E-state index contributed by atoms with van der Waals surface area (Å²) in [4.78, 5) is 40.7. The fraction of sp³-hybridized carbons (Fsp3) is 0.375. The Bertz CT molecular complexity index is 354. The second-order valence-corrected chi connectivity index (χ2v) is 3.59. The van der Waals surface area contributed by atoms with Crippen LogP contribution in [0.4, 0.5) is 0 Å². The highest BCUT2D eigenvalue weighted by atomic mass is 32.1. The molecule has 0 radical (unpaired) electrons. The van der Waals surface area contributed by atoms with Gasteiger partial charge in [0.2, 0.25) is 5.91 Å². The molecule has 0 fully saturated rings. The van der Waals surface area contributed by atoms with Crippen LogP contribution in [0.15, 0.2) is 12.2 Å². The number of nitrogens with two attached hydrogens (primary N) is 1. The molecule has 0 bridgehead atoms. The van der Waals surface area contributed by atoms with Crippen LogP contribution in [-0.4, -0.2) is 34.6 Å². The molecule has 8 nitrogen and oxygen atoms in total. The molecule has 96 valence electrons. The molecule has 0 aromatic rings. The molecule has 0 spiro atoms. The van der Waals surface area contributed by atoms with Gasteiger partial charge in [-0.2, -0.15) is 0 Å². The SMILES string of the molecule is C=C(C)C(=O)OOC(=O)C(O)(S)NC(=O)CN. The molecular formula is C8H12N2O6S. The Hall–Kier alpha value is -1.58. The number of hydrogen-bond acceptors (Lipinski definition) is 8. The molecule has 1 atom stereocenters. The third kappa shape index (κ3) is 5.33. The first-order valence-corrected chi connectivity index (χ1v) is 4.70. The molecule has 0 saturated heterocycles. The molecule has 0 heterocycles. The molecule has 0 aromatic heterocycles. The summed E-state index contributed by atoms with van der Waals surface area (Å²) in [5, 5.41) is 8.40. The van der Waals surface area contributed by atoms with Crippen molar-refractivity contribution in [3.8, 4) is 0 Å². The molecule has 0 saturated carbocycles. The largest absolute Gasteiger partial charge is 0.418 e. The third-order valence-corrected chi connectivity index (χ3v) is 1.62. The minimum atomic E-state index is -2.65. The predicted molar refractivity (Wildman–Crippen MR) is 58.1 cm³/mol. The maximum atomic E-state index is 11.1. The standard InChI is InChI=1S/C8H12N2O6S/c1-4(2)6(12)15-16-7(13)8(14,17)10-5(11)3-9/h14,17H,1,3,9H2,2H3,(H,10,11). The zero-order valence-electron chi connectivity index (χ0n) is 8.93. The van der Waals surface area contributed by atoms with Gasteiger partial charge in [-0.1, -0.05) is 6.58 Å². The predicted octanol–water partition coefficient (Wildman–Crippen LogP) is -1.79. The third-order valence-electron chi connectivity index (χ3n) is 1.33. The molecule has 0 rings (SSSR count). The Morgan fingerprint density at radius 2 is 2.00 bits per heavy atom. The van der Waals surface area contributed by atoms with Crippen LogP contribution < -0.4 is 11.1 Å². The summed E-state index contributed by atoms with van der Waals surface area (Å²) in [7, 11) is 0. The molecule has 9 heteroatoms. The molecule has 0 aliphatic heterocycles. The van der Waals surface area contributed by atoms with Crippen molar-refractivity contribution in [1.29, 1.82) is 0 Å². The minimum Gasteiger partial charge on any atom is -0.354 e. The maximum Gasteiger partial charge on any atom is 0.418 e. The van der Waals surface area contributed by atoms with Crippen molar-refractivity contribution in [3.05, 3.63) is 12.2 Å². The first-order valence-electron chi connectivity index (χ1n) is 4.25. The lowest BCUT2D eigenvalue weighted by molar-refractivity contribution is -0.263. The Balaban J connectivity index is 4.34. The lowest BCUT2D eigenvalue weighted by Crippen LogP contribution is -2.52. The van der Waals surface area contributed by atoms with Gasteiger partial charge in [0.15, 0.2) is 0 Å². The molecule has 0 aliphatic carbocycles. The van der Waals surface area contributed by atoms with Crippen LogP contribution in [0.2, 0.25) is 0 Å². The molecule has 0 aliphatic rings. The lowest BCUT2D eigenvalue weighted by atomic mass is 10.4. The van der Waals surface area contributed by atoms with Crippen molar-refractivity contribution in [1.82, 2.24) is 5.32 Å². The quantitative estimate of drug-likeness (QED) is 0.155. The van der Waals surface area contributed by atoms with Crippen LogP contribution in [0.1, 0.15) is 6.92 Å². The fourth-order valence-corrected chi connectivity index (χ4v) is 0.663. The van der Waals surface area contributed by atoms with Gasteiger partial charge >= 0.3 is 11.9 Å². The second-order valence-electron chi connectivity index (χ2n) is 2.95. The molecule has 1 amide bonds. The Kier molecular flexibility index (Phi) is 5.65. The number of thiol groups is 1. The van der Waals surface area contributed by atoms with Crippen LogP contribution in [0.25, 0.3) is 0 Å². The van der Waals surface area contributed by atoms with Gasteiger partial charge < -0.3 is 16.2 Å². The van der Waals surface area contributed by atoms with Gasteiger partial charge in [0, 0.05) is 5.57 Å². The van der Waals surface area contributed by atoms with E-state index in [1.54, 1.807) is 5.32 Å². The Labute approximate surface area is 102 Å². The van der Waals surface area contributed by atoms with Crippen molar-refractivity contribution in [2.45, 2.75) is 12.0 Å². The molecule has 17 heavy (non-hydrogen) atoms. The highest BCUT2D eigenvalue weighted by molar-refractivity contribution is 7.82. The molecule has 0 aromatic carbocycles. The molecule has 1 unspecified atom stereocenters. The van der Waals surface area contributed by atoms with Crippen molar-refractivity contribution in [2.24, 2.45) is 5.73 Å². The average molecular weight is 264 g/mol. The smallest absolute Gasteiger partial charge is 0.354 e. The van der Waals surface area contributed by atoms with Crippen LogP contribution in [0, 0.1) is 0 Å². The number of nitrogens with one attached hydrogen (secondary N) is 1. The number of carbonyl (C=O) groups is 3. The van der Waals surface area contributed by atoms with Gasteiger partial charge in [0.05, 0.1) is 6.54 Å². The maximum absolute atomic E-state index is 11.1. The number of hydrogen-bond donors (Lipinski definition) is 4. The van der Waals surface area contributed by atoms with Crippen molar-refractivity contribution < 1.29 is 29.3 Å². The lowest BCUT2D eigenvalue weighted by Gasteiger charge is -2.19. The number of amides is 1. The van der Waals surface area contributed by atoms with Gasteiger partial charge in [-0.05, 0) is 6.92 Å². The van der Waals surface area contributed by atoms with Gasteiger partial charge in [-0.25, -0.2) is 19.4 Å². The highest BCUT2D eigenvalue weighted by Crippen LogP contribution is 2.09. The monoisotopic (exact) mass is 264 g/mol. The van der Waals surface area contributed by atoms with E-state index in [-0.39, 0.29) is 5.57 Å². The summed E-state index contributed by atoms with van der Waals surface area (Å²) in [5.41, 5.74) is 4.91. The van der Waals surface area contributed by atoms with Crippen molar-refractivity contribution in [2.75, 3.05) is 6.54 Å². The summed E-state index contributed by atoms with van der Waals surface area (Å²) in [6, 6.07) is 0. The van der Waals surface area contributed by atoms with E-state index in [1.807, 2.05) is 0 Å². The van der Waals surface area contributed by atoms with E-state index in [9.17, 15) is 19.5 Å². The van der Waals surface area contributed by atoms with E-state index in [4.69, 9.17) is 5.73 Å². The van der Waals surface area contributed by atoms with Crippen LogP contribution in [-0.2, 0) is 24.2 Å². The zero-order valence-corrected chi connectivity index (χ0v) is 9.82. The number of carbonyl (C=O) groups excluding carboxylic acids is 3. The van der Waals surface area contributed by atoms with Gasteiger partial charge in [0.25, 0.3) is 5.06 Å². The summed E-state index contributed by atoms with van der Waals surface area (Å²) >= 11 is 3.41. The summed E-state index contributed by atoms with van der Waals surface area (Å²) in [6.07, 6.45) is 0. The summed E-state index contributed by atoms with van der Waals surface area (Å²) in [5.74, 6) is -3.37. The van der Waals surface area contributed by atoms with E-state index >= 15 is 0 Å². The van der Waals surface area contributed by atoms with E-state index in [0.717, 1.165) is 0 Å². The van der Waals surface area contributed by atoms with Crippen molar-refractivity contribution >= 4 is 30.5 Å². The van der Waals surface area contributed by atoms with Crippen LogP contribution >= 0.6 is 12.6 Å². The van der Waals surface area contributed by atoms with Crippen LogP contribution in [0.5, 0.6) is 0 Å². The van der Waals surface area contributed by atoms with Gasteiger partial charge in [-0.15, -0.1) is 12.6 Å². The van der Waals surface area contributed by atoms with E-state index in [0.29, 0.717) is 0 Å². The topological polar surface area (TPSA) is 128 Å². The highest BCUT2D eigenvalue weighted by Gasteiger charge is 2.37. The zero-order chi connectivity index (χ0) is 13.6. The van der Waals surface area contributed by atoms with Crippen molar-refractivity contribution in [3.63, 3.8) is 0 Å². The van der Waals surface area contributed by atoms with Gasteiger partial charge in [0.1, 0.15) is 0 Å². The molecule has 4 N–H and O–H groups in total.